The van der Waals surface area contributed by atoms with Gasteiger partial charge in [-0.25, -0.2) is 0 Å². The van der Waals surface area contributed by atoms with E-state index in [0.29, 0.717) is 44.7 Å². The summed E-state index contributed by atoms with van der Waals surface area (Å²) >= 11 is 0. The van der Waals surface area contributed by atoms with E-state index in [1.165, 1.54) is 6.07 Å². The number of hydrogen-bond donors (Lipinski definition) is 1. The molecule has 3 aromatic rings. The second kappa shape index (κ2) is 11.2. The molecule has 1 N–H and O–H groups in total. The number of piperidine rings is 1. The van der Waals surface area contributed by atoms with Crippen LogP contribution in [0.3, 0.4) is 0 Å². The maximum Gasteiger partial charge on any atom is 0.416 e. The van der Waals surface area contributed by atoms with Crippen LogP contribution >= 0.6 is 0 Å². The zero-order valence-electron chi connectivity index (χ0n) is 23.3. The Hall–Kier alpha value is -3.88. The van der Waals surface area contributed by atoms with Gasteiger partial charge in [0.2, 0.25) is 5.91 Å². The monoisotopic (exact) mass is 566 g/mol. The lowest BCUT2D eigenvalue weighted by Gasteiger charge is -2.42. The van der Waals surface area contributed by atoms with E-state index in [1.807, 2.05) is 60.1 Å². The number of ether oxygens (including phenoxy) is 1. The zero-order chi connectivity index (χ0) is 29.4. The number of likely N-dealkylation sites (tertiary alicyclic amines) is 1. The number of amides is 1. The fourth-order valence-electron chi connectivity index (χ4n) is 6.06. The topological polar surface area (TPSA) is 86.4 Å². The average molecular weight is 567 g/mol. The minimum absolute atomic E-state index is 0.0395. The van der Waals surface area contributed by atoms with Crippen LogP contribution in [-0.2, 0) is 28.2 Å². The number of methoxy groups -OCH3 is 1. The van der Waals surface area contributed by atoms with E-state index in [2.05, 4.69) is 10.2 Å². The Morgan fingerprint density at radius 1 is 1.15 bits per heavy atom. The van der Waals surface area contributed by atoms with E-state index < -0.39 is 17.2 Å². The van der Waals surface area contributed by atoms with Crippen LogP contribution in [0.5, 0.6) is 0 Å². The maximum atomic E-state index is 14.1. The number of halogens is 3. The highest BCUT2D eigenvalue weighted by molar-refractivity contribution is 5.89. The first-order valence-corrected chi connectivity index (χ1v) is 13.5. The van der Waals surface area contributed by atoms with E-state index >= 15 is 0 Å². The van der Waals surface area contributed by atoms with Crippen LogP contribution in [0.15, 0.2) is 54.9 Å². The van der Waals surface area contributed by atoms with Crippen molar-refractivity contribution in [3.05, 3.63) is 71.5 Å². The third-order valence-electron chi connectivity index (χ3n) is 8.43. The van der Waals surface area contributed by atoms with E-state index in [4.69, 9.17) is 9.72 Å². The Kier molecular flexibility index (Phi) is 7.81. The molecule has 0 unspecified atom stereocenters. The second-order valence-corrected chi connectivity index (χ2v) is 10.9. The summed E-state index contributed by atoms with van der Waals surface area (Å²) in [5.41, 5.74) is 1.14. The molecule has 0 radical (unpaired) electrons. The van der Waals surface area contributed by atoms with Crippen molar-refractivity contribution in [3.8, 4) is 17.5 Å². The Morgan fingerprint density at radius 3 is 2.49 bits per heavy atom. The van der Waals surface area contributed by atoms with Gasteiger partial charge in [0.1, 0.15) is 6.07 Å². The highest BCUT2D eigenvalue weighted by Crippen LogP contribution is 2.40. The number of carbonyl (C=O) groups excluding carboxylic acids is 1. The van der Waals surface area contributed by atoms with Crippen molar-refractivity contribution >= 4 is 11.6 Å². The Labute approximate surface area is 237 Å². The number of carbonyl (C=O) groups is 1. The van der Waals surface area contributed by atoms with Gasteiger partial charge in [0, 0.05) is 52.7 Å². The Morgan fingerprint density at radius 2 is 1.90 bits per heavy atom. The molecule has 2 fully saturated rings. The highest BCUT2D eigenvalue weighted by atomic mass is 19.4. The Bertz CT molecular complexity index is 1440. The molecule has 2 aromatic heterocycles. The predicted octanol–water partition coefficient (Wildman–Crippen LogP) is 3.96. The van der Waals surface area contributed by atoms with Gasteiger partial charge in [0.05, 0.1) is 45.8 Å². The number of rotatable bonds is 6. The number of pyridine rings is 1. The molecule has 0 bridgehead atoms. The van der Waals surface area contributed by atoms with Crippen LogP contribution in [0, 0.1) is 11.3 Å². The van der Waals surface area contributed by atoms with Gasteiger partial charge in [0.25, 0.3) is 0 Å². The van der Waals surface area contributed by atoms with Crippen molar-refractivity contribution in [1.82, 2.24) is 19.8 Å². The van der Waals surface area contributed by atoms with Crippen molar-refractivity contribution in [2.45, 2.75) is 36.6 Å². The molecule has 11 heteroatoms. The molecule has 0 spiro atoms. The van der Waals surface area contributed by atoms with Crippen LogP contribution in [0.25, 0.3) is 11.4 Å². The number of aryl methyl sites for hydroxylation is 1. The number of alkyl halides is 3. The van der Waals surface area contributed by atoms with E-state index in [1.54, 1.807) is 13.3 Å². The summed E-state index contributed by atoms with van der Waals surface area (Å²) in [6.45, 7) is 2.13. The van der Waals surface area contributed by atoms with Gasteiger partial charge in [-0.15, -0.1) is 0 Å². The number of nitrogens with one attached hydrogen (secondary N) is 1. The molecule has 2 atom stereocenters. The first-order chi connectivity index (χ1) is 19.6. The maximum absolute atomic E-state index is 14.1. The number of benzene rings is 1. The van der Waals surface area contributed by atoms with Crippen molar-refractivity contribution in [2.75, 3.05) is 45.2 Å². The third kappa shape index (κ3) is 5.54. The number of anilines is 1. The van der Waals surface area contributed by atoms with Crippen LogP contribution in [-0.4, -0.2) is 72.8 Å². The quantitative estimate of drug-likeness (QED) is 0.486. The largest absolute Gasteiger partial charge is 0.416 e. The molecule has 1 aromatic carbocycles. The number of likely N-dealkylation sites (N-methyl/N-ethyl adjacent to an activating group) is 1. The summed E-state index contributed by atoms with van der Waals surface area (Å²) in [4.78, 5) is 22.8. The van der Waals surface area contributed by atoms with Crippen LogP contribution in [0.1, 0.15) is 29.5 Å². The van der Waals surface area contributed by atoms with E-state index in [-0.39, 0.29) is 23.6 Å². The van der Waals surface area contributed by atoms with Crippen molar-refractivity contribution in [3.63, 3.8) is 0 Å². The highest BCUT2D eigenvalue weighted by Gasteiger charge is 2.46. The summed E-state index contributed by atoms with van der Waals surface area (Å²) in [6, 6.07) is 12.7. The molecule has 4 heterocycles. The fraction of sp³-hybridized carbons (Fsp3) is 0.433. The number of nitrogens with zero attached hydrogens (tertiary/aromatic N) is 5. The van der Waals surface area contributed by atoms with Gasteiger partial charge in [-0.2, -0.15) is 18.4 Å². The molecule has 0 aliphatic carbocycles. The first-order valence-electron chi connectivity index (χ1n) is 13.5. The van der Waals surface area contributed by atoms with Crippen LogP contribution < -0.4 is 10.2 Å². The molecule has 0 saturated carbocycles. The average Bonchev–Trinajstić information content (AvgIpc) is 3.56. The smallest absolute Gasteiger partial charge is 0.378 e. The van der Waals surface area contributed by atoms with Crippen LogP contribution in [0.4, 0.5) is 18.9 Å². The predicted molar refractivity (Wildman–Crippen MR) is 148 cm³/mol. The van der Waals surface area contributed by atoms with Crippen LogP contribution in [0.2, 0.25) is 0 Å². The van der Waals surface area contributed by atoms with Gasteiger partial charge >= 0.3 is 6.18 Å². The van der Waals surface area contributed by atoms with E-state index in [0.717, 1.165) is 29.1 Å². The van der Waals surface area contributed by atoms with Gasteiger partial charge in [0.15, 0.2) is 0 Å². The standard InChI is InChI=1S/C30H33F3N6O2/c1-37-18-24(27(19-37)41-3)36-28(40)29(22-6-8-23(35-17-22)26-5-4-12-38(26)2)10-13-39(14-11-29)25-9-7-21(30(31,32)33)15-20(25)16-34/h4-9,12,15,17,24,27H,10-11,13-14,18-19H2,1-3H3,(H,36,40)/t24-,27-/m1/s1. The van der Waals surface area contributed by atoms with Gasteiger partial charge < -0.3 is 24.4 Å². The third-order valence-corrected chi connectivity index (χ3v) is 8.43. The second-order valence-electron chi connectivity index (χ2n) is 10.9. The molecule has 41 heavy (non-hydrogen) atoms. The van der Waals surface area contributed by atoms with Crippen molar-refractivity contribution in [1.29, 1.82) is 5.26 Å². The van der Waals surface area contributed by atoms with Crippen molar-refractivity contribution < 1.29 is 22.7 Å². The van der Waals surface area contributed by atoms with Gasteiger partial charge in [-0.3, -0.25) is 9.78 Å². The van der Waals surface area contributed by atoms with Crippen molar-refractivity contribution in [2.24, 2.45) is 7.05 Å². The number of aromatic nitrogens is 2. The summed E-state index contributed by atoms with van der Waals surface area (Å²) in [6.07, 6.45) is -0.176. The molecule has 2 aliphatic rings. The van der Waals surface area contributed by atoms with Gasteiger partial charge in [-0.1, -0.05) is 6.07 Å². The number of hydrogen-bond acceptors (Lipinski definition) is 6. The molecule has 2 aliphatic heterocycles. The lowest BCUT2D eigenvalue weighted by Crippen LogP contribution is -2.56. The van der Waals surface area contributed by atoms with Gasteiger partial charge in [-0.05, 0) is 61.9 Å². The summed E-state index contributed by atoms with van der Waals surface area (Å²) in [5, 5.41) is 12.9. The zero-order valence-corrected chi connectivity index (χ0v) is 23.3. The molecule has 216 valence electrons. The molecule has 2 saturated heterocycles. The molecule has 8 nitrogen and oxygen atoms in total. The lowest BCUT2D eigenvalue weighted by atomic mass is 9.72. The minimum Gasteiger partial charge on any atom is -0.378 e. The molecule has 1 amide bonds. The molecular weight excluding hydrogens is 533 g/mol. The summed E-state index contributed by atoms with van der Waals surface area (Å²) in [5.74, 6) is -0.124. The number of nitriles is 1. The normalized spacial score (nSPS) is 21.0. The summed E-state index contributed by atoms with van der Waals surface area (Å²) in [7, 11) is 5.56. The fourth-order valence-corrected chi connectivity index (χ4v) is 6.06. The lowest BCUT2D eigenvalue weighted by molar-refractivity contribution is -0.137. The first kappa shape index (κ1) is 28.6. The molecular formula is C30H33F3N6O2. The molecule has 5 rings (SSSR count). The van der Waals surface area contributed by atoms with E-state index in [9.17, 15) is 23.2 Å². The SMILES string of the molecule is CO[C@@H]1CN(C)C[C@H]1NC(=O)C1(c2ccc(-c3cccn3C)nc2)CCN(c2ccc(C(F)(F)F)cc2C#N)CC1. The summed E-state index contributed by atoms with van der Waals surface area (Å²) < 4.78 is 47.4. The Balaban J connectivity index is 1.44. The minimum atomic E-state index is -4.54.